The molecule has 1 aromatic carbocycles. The number of amides is 4. The number of anilines is 1. The first-order valence-electron chi connectivity index (χ1n) is 7.65. The number of urea groups is 1. The molecule has 0 unspecified atom stereocenters. The first kappa shape index (κ1) is 15.5. The van der Waals surface area contributed by atoms with E-state index in [-0.39, 0.29) is 5.91 Å². The van der Waals surface area contributed by atoms with Gasteiger partial charge in [-0.1, -0.05) is 12.8 Å². The Morgan fingerprint density at radius 2 is 1.87 bits per heavy atom. The lowest BCUT2D eigenvalue weighted by molar-refractivity contribution is -0.136. The van der Waals surface area contributed by atoms with Crippen LogP contribution in [0.4, 0.5) is 14.9 Å². The Morgan fingerprint density at radius 3 is 2.48 bits per heavy atom. The maximum atomic E-state index is 12.9. The zero-order valence-corrected chi connectivity index (χ0v) is 12.8. The van der Waals surface area contributed by atoms with Crippen LogP contribution in [0.2, 0.25) is 0 Å². The van der Waals surface area contributed by atoms with E-state index in [2.05, 4.69) is 10.6 Å². The lowest BCUT2D eigenvalue weighted by Crippen LogP contribution is -2.48. The summed E-state index contributed by atoms with van der Waals surface area (Å²) < 4.78 is 12.9. The van der Waals surface area contributed by atoms with Crippen LogP contribution >= 0.6 is 0 Å². The minimum absolute atomic E-state index is 0.332. The van der Waals surface area contributed by atoms with E-state index < -0.39 is 29.3 Å². The molecule has 3 rings (SSSR count). The second-order valence-corrected chi connectivity index (χ2v) is 6.07. The van der Waals surface area contributed by atoms with Crippen LogP contribution in [0.3, 0.4) is 0 Å². The van der Waals surface area contributed by atoms with Gasteiger partial charge in [0, 0.05) is 5.69 Å². The fourth-order valence-corrected chi connectivity index (χ4v) is 3.21. The molecule has 6 nitrogen and oxygen atoms in total. The molecule has 1 saturated heterocycles. The average molecular weight is 319 g/mol. The second-order valence-electron chi connectivity index (χ2n) is 6.07. The van der Waals surface area contributed by atoms with Crippen molar-refractivity contribution in [1.29, 1.82) is 0 Å². The molecule has 1 atom stereocenters. The van der Waals surface area contributed by atoms with Crippen molar-refractivity contribution >= 4 is 23.5 Å². The number of carbonyl (C=O) groups is 3. The Balaban J connectivity index is 1.73. The van der Waals surface area contributed by atoms with Crippen LogP contribution in [0.15, 0.2) is 24.3 Å². The number of carbonyl (C=O) groups excluding carboxylic acids is 3. The van der Waals surface area contributed by atoms with Crippen LogP contribution in [0.1, 0.15) is 32.6 Å². The quantitative estimate of drug-likeness (QED) is 0.837. The highest BCUT2D eigenvalue weighted by molar-refractivity contribution is 6.11. The topological polar surface area (TPSA) is 78.5 Å². The molecule has 0 aromatic heterocycles. The summed E-state index contributed by atoms with van der Waals surface area (Å²) in [5.41, 5.74) is -0.424. The second kappa shape index (κ2) is 5.64. The van der Waals surface area contributed by atoms with Gasteiger partial charge in [-0.05, 0) is 44.0 Å². The predicted octanol–water partition coefficient (Wildman–Crippen LogP) is 2.02. The zero-order valence-electron chi connectivity index (χ0n) is 12.8. The van der Waals surface area contributed by atoms with Gasteiger partial charge in [0.1, 0.15) is 17.4 Å². The van der Waals surface area contributed by atoms with E-state index in [1.165, 1.54) is 31.2 Å². The van der Waals surface area contributed by atoms with Crippen LogP contribution in [0.5, 0.6) is 0 Å². The van der Waals surface area contributed by atoms with E-state index in [1.807, 2.05) is 0 Å². The first-order valence-corrected chi connectivity index (χ1v) is 7.65. The number of nitrogens with one attached hydrogen (secondary N) is 2. The third kappa shape index (κ3) is 2.67. The lowest BCUT2D eigenvalue weighted by Gasteiger charge is -2.23. The highest BCUT2D eigenvalue weighted by atomic mass is 19.1. The molecule has 1 heterocycles. The Bertz CT molecular complexity index is 653. The number of halogens is 1. The van der Waals surface area contributed by atoms with Crippen LogP contribution in [0.25, 0.3) is 0 Å². The van der Waals surface area contributed by atoms with E-state index in [0.29, 0.717) is 18.5 Å². The fourth-order valence-electron chi connectivity index (χ4n) is 3.21. The SMILES string of the molecule is C[C@@H](C(=O)Nc1ccc(F)cc1)N1C(=O)NC2(CCCC2)C1=O. The van der Waals surface area contributed by atoms with E-state index >= 15 is 0 Å². The number of benzene rings is 1. The average Bonchev–Trinajstić information content (AvgIpc) is 3.07. The van der Waals surface area contributed by atoms with Crippen molar-refractivity contribution in [2.75, 3.05) is 5.32 Å². The Morgan fingerprint density at radius 1 is 1.26 bits per heavy atom. The first-order chi connectivity index (χ1) is 10.9. The molecule has 23 heavy (non-hydrogen) atoms. The summed E-state index contributed by atoms with van der Waals surface area (Å²) >= 11 is 0. The van der Waals surface area contributed by atoms with Gasteiger partial charge < -0.3 is 10.6 Å². The molecule has 1 saturated carbocycles. The monoisotopic (exact) mass is 319 g/mol. The molecule has 2 aliphatic rings. The number of nitrogens with zero attached hydrogens (tertiary/aromatic N) is 1. The van der Waals surface area contributed by atoms with Crippen molar-refractivity contribution < 1.29 is 18.8 Å². The van der Waals surface area contributed by atoms with Crippen LogP contribution in [-0.4, -0.2) is 34.3 Å². The van der Waals surface area contributed by atoms with Crippen molar-refractivity contribution in [2.45, 2.75) is 44.2 Å². The lowest BCUT2D eigenvalue weighted by atomic mass is 9.97. The molecular formula is C16H18FN3O3. The summed E-state index contributed by atoms with van der Waals surface area (Å²) in [6, 6.07) is 3.82. The Kier molecular flexibility index (Phi) is 3.79. The maximum absolute atomic E-state index is 12.9. The van der Waals surface area contributed by atoms with Crippen LogP contribution in [0, 0.1) is 5.82 Å². The van der Waals surface area contributed by atoms with Crippen molar-refractivity contribution in [2.24, 2.45) is 0 Å². The maximum Gasteiger partial charge on any atom is 0.325 e. The molecule has 1 spiro atoms. The summed E-state index contributed by atoms with van der Waals surface area (Å²) in [7, 11) is 0. The molecule has 1 aliphatic carbocycles. The van der Waals surface area contributed by atoms with Gasteiger partial charge >= 0.3 is 6.03 Å². The van der Waals surface area contributed by atoms with Crippen molar-refractivity contribution in [1.82, 2.24) is 10.2 Å². The van der Waals surface area contributed by atoms with Crippen LogP contribution in [-0.2, 0) is 9.59 Å². The smallest absolute Gasteiger partial charge is 0.324 e. The molecule has 2 N–H and O–H groups in total. The van der Waals surface area contributed by atoms with Crippen LogP contribution < -0.4 is 10.6 Å². The molecule has 1 aromatic rings. The fraction of sp³-hybridized carbons (Fsp3) is 0.438. The number of hydrogen-bond donors (Lipinski definition) is 2. The van der Waals surface area contributed by atoms with Crippen molar-refractivity contribution in [3.63, 3.8) is 0 Å². The molecule has 0 radical (unpaired) electrons. The van der Waals surface area contributed by atoms with Gasteiger partial charge in [0.15, 0.2) is 0 Å². The van der Waals surface area contributed by atoms with Gasteiger partial charge in [-0.2, -0.15) is 0 Å². The molecule has 1 aliphatic heterocycles. The van der Waals surface area contributed by atoms with Gasteiger partial charge in [0.05, 0.1) is 0 Å². The van der Waals surface area contributed by atoms with E-state index in [4.69, 9.17) is 0 Å². The summed E-state index contributed by atoms with van der Waals surface area (Å²) in [6.07, 6.45) is 2.99. The molecule has 4 amide bonds. The molecule has 0 bridgehead atoms. The Labute approximate surface area is 133 Å². The third-order valence-electron chi connectivity index (χ3n) is 4.53. The van der Waals surface area contributed by atoms with Gasteiger partial charge in [0.25, 0.3) is 5.91 Å². The normalized spacial score (nSPS) is 20.7. The molecule has 2 fully saturated rings. The summed E-state index contributed by atoms with van der Waals surface area (Å²) in [5.74, 6) is -1.23. The molecule has 122 valence electrons. The number of hydrogen-bond acceptors (Lipinski definition) is 3. The van der Waals surface area contributed by atoms with Gasteiger partial charge in [-0.25, -0.2) is 14.1 Å². The summed E-state index contributed by atoms with van der Waals surface area (Å²) in [5, 5.41) is 5.33. The number of imide groups is 1. The minimum Gasteiger partial charge on any atom is -0.324 e. The minimum atomic E-state index is -0.937. The summed E-state index contributed by atoms with van der Waals surface area (Å²) in [6.45, 7) is 1.50. The van der Waals surface area contributed by atoms with E-state index in [1.54, 1.807) is 0 Å². The van der Waals surface area contributed by atoms with Gasteiger partial charge in [0.2, 0.25) is 5.91 Å². The van der Waals surface area contributed by atoms with Gasteiger partial charge in [-0.3, -0.25) is 9.59 Å². The number of rotatable bonds is 3. The van der Waals surface area contributed by atoms with Crippen molar-refractivity contribution in [3.05, 3.63) is 30.1 Å². The third-order valence-corrected chi connectivity index (χ3v) is 4.53. The van der Waals surface area contributed by atoms with E-state index in [0.717, 1.165) is 17.7 Å². The molecule has 7 heteroatoms. The largest absolute Gasteiger partial charge is 0.325 e. The van der Waals surface area contributed by atoms with Crippen molar-refractivity contribution in [3.8, 4) is 0 Å². The predicted molar refractivity (Wildman–Crippen MR) is 81.1 cm³/mol. The zero-order chi connectivity index (χ0) is 16.6. The highest BCUT2D eigenvalue weighted by Crippen LogP contribution is 2.35. The highest BCUT2D eigenvalue weighted by Gasteiger charge is 2.54. The molecular weight excluding hydrogens is 301 g/mol. The Hall–Kier alpha value is -2.44. The summed E-state index contributed by atoms with van der Waals surface area (Å²) in [4.78, 5) is 38.0. The standard InChI is InChI=1S/C16H18FN3O3/c1-10(13(21)18-12-6-4-11(17)5-7-12)20-14(22)16(19-15(20)23)8-2-3-9-16/h4-7,10H,2-3,8-9H2,1H3,(H,18,21)(H,19,23)/t10-/m0/s1. The van der Waals surface area contributed by atoms with Gasteiger partial charge in [-0.15, -0.1) is 0 Å². The van der Waals surface area contributed by atoms with E-state index in [9.17, 15) is 18.8 Å².